The third kappa shape index (κ3) is 7.59. The van der Waals surface area contributed by atoms with Gasteiger partial charge in [0.2, 0.25) is 0 Å². The fraction of sp³-hybridized carbons (Fsp3) is 0.529. The first-order chi connectivity index (χ1) is 11.5. The summed E-state index contributed by atoms with van der Waals surface area (Å²) in [5, 5.41) is 28.4. The molecule has 1 aliphatic rings. The Kier molecular flexibility index (Phi) is 7.47. The first-order valence-electron chi connectivity index (χ1n) is 7.81. The van der Waals surface area contributed by atoms with Crippen LogP contribution < -0.4 is 5.32 Å². The number of halogens is 1. The van der Waals surface area contributed by atoms with Crippen LogP contribution in [-0.4, -0.2) is 51.6 Å². The summed E-state index contributed by atoms with van der Waals surface area (Å²) in [6, 6.07) is 6.68. The average molecular weight is 357 g/mol. The molecule has 1 heterocycles. The number of rotatable bonds is 4. The molecule has 0 bridgehead atoms. The van der Waals surface area contributed by atoms with Crippen LogP contribution in [0.5, 0.6) is 0 Å². The van der Waals surface area contributed by atoms with E-state index in [-0.39, 0.29) is 11.4 Å². The second-order valence-electron chi connectivity index (χ2n) is 6.56. The van der Waals surface area contributed by atoms with Gasteiger partial charge in [-0.3, -0.25) is 0 Å². The molecule has 1 atom stereocenters. The summed E-state index contributed by atoms with van der Waals surface area (Å²) < 4.78 is 19.0. The van der Waals surface area contributed by atoms with Crippen LogP contribution in [0.15, 0.2) is 24.3 Å². The molecule has 1 fully saturated rings. The highest BCUT2D eigenvalue weighted by Gasteiger charge is 2.38. The van der Waals surface area contributed by atoms with Crippen molar-refractivity contribution < 1.29 is 34.0 Å². The highest BCUT2D eigenvalue weighted by Crippen LogP contribution is 2.31. The minimum absolute atomic E-state index is 0.214. The lowest BCUT2D eigenvalue weighted by Crippen LogP contribution is -2.51. The molecular weight excluding hydrogens is 333 g/mol. The molecule has 1 saturated heterocycles. The van der Waals surface area contributed by atoms with Gasteiger partial charge in [-0.25, -0.2) is 14.0 Å². The summed E-state index contributed by atoms with van der Waals surface area (Å²) in [7, 11) is 0. The zero-order valence-corrected chi connectivity index (χ0v) is 14.3. The van der Waals surface area contributed by atoms with Gasteiger partial charge in [-0.15, -0.1) is 0 Å². The maximum absolute atomic E-state index is 13.5. The van der Waals surface area contributed by atoms with Crippen LogP contribution in [0.2, 0.25) is 0 Å². The smallest absolute Gasteiger partial charge is 0.414 e. The largest absolute Gasteiger partial charge is 0.473 e. The van der Waals surface area contributed by atoms with Crippen LogP contribution in [0.4, 0.5) is 4.39 Å². The molecule has 1 aromatic rings. The molecule has 1 unspecified atom stereocenters. The van der Waals surface area contributed by atoms with E-state index in [9.17, 15) is 9.50 Å². The lowest BCUT2D eigenvalue weighted by molar-refractivity contribution is -0.159. The molecule has 8 heteroatoms. The van der Waals surface area contributed by atoms with Gasteiger partial charge in [-0.1, -0.05) is 18.2 Å². The van der Waals surface area contributed by atoms with E-state index in [2.05, 4.69) is 5.32 Å². The van der Waals surface area contributed by atoms with Crippen LogP contribution in [-0.2, 0) is 20.9 Å². The summed E-state index contributed by atoms with van der Waals surface area (Å²) in [5.74, 6) is -3.86. The fourth-order valence-electron chi connectivity index (χ4n) is 2.67. The van der Waals surface area contributed by atoms with Crippen LogP contribution in [0.3, 0.4) is 0 Å². The highest BCUT2D eigenvalue weighted by molar-refractivity contribution is 6.27. The van der Waals surface area contributed by atoms with Crippen LogP contribution in [0, 0.1) is 5.82 Å². The molecule has 1 aromatic carbocycles. The van der Waals surface area contributed by atoms with Gasteiger partial charge in [0.1, 0.15) is 5.82 Å². The van der Waals surface area contributed by atoms with E-state index in [4.69, 9.17) is 24.5 Å². The van der Waals surface area contributed by atoms with E-state index in [1.54, 1.807) is 12.1 Å². The predicted molar refractivity (Wildman–Crippen MR) is 87.6 cm³/mol. The molecule has 0 saturated carbocycles. The molecule has 0 aromatic heterocycles. The summed E-state index contributed by atoms with van der Waals surface area (Å²) in [6.45, 7) is 5.40. The second-order valence-corrected chi connectivity index (χ2v) is 6.56. The third-order valence-electron chi connectivity index (χ3n) is 3.73. The number of aliphatic carboxylic acids is 2. The predicted octanol–water partition coefficient (Wildman–Crippen LogP) is 1.39. The van der Waals surface area contributed by atoms with Crippen molar-refractivity contribution in [1.82, 2.24) is 5.32 Å². The monoisotopic (exact) mass is 357 g/mol. The van der Waals surface area contributed by atoms with Gasteiger partial charge in [0.05, 0.1) is 17.8 Å². The Morgan fingerprint density at radius 1 is 1.24 bits per heavy atom. The van der Waals surface area contributed by atoms with E-state index in [1.807, 2.05) is 19.9 Å². The molecule has 0 spiro atoms. The minimum atomic E-state index is -1.82. The topological polar surface area (TPSA) is 116 Å². The number of aliphatic hydroxyl groups is 1. The van der Waals surface area contributed by atoms with Gasteiger partial charge < -0.3 is 25.4 Å². The number of hydrogen-bond donors (Lipinski definition) is 4. The normalized spacial score (nSPS) is 21.8. The summed E-state index contributed by atoms with van der Waals surface area (Å²) in [4.78, 5) is 18.2. The Balaban J connectivity index is 0.000000450. The second kappa shape index (κ2) is 8.89. The molecule has 140 valence electrons. The number of carbonyl (C=O) groups is 2. The van der Waals surface area contributed by atoms with Gasteiger partial charge >= 0.3 is 11.9 Å². The molecule has 0 radical (unpaired) electrons. The van der Waals surface area contributed by atoms with Crippen molar-refractivity contribution in [1.29, 1.82) is 0 Å². The van der Waals surface area contributed by atoms with Crippen molar-refractivity contribution in [3.8, 4) is 0 Å². The van der Waals surface area contributed by atoms with Gasteiger partial charge in [0.15, 0.2) is 0 Å². The Bertz CT molecular complexity index is 595. The van der Waals surface area contributed by atoms with Crippen molar-refractivity contribution in [2.45, 2.75) is 44.4 Å². The molecule has 0 amide bonds. The number of nitrogens with one attached hydrogen (secondary N) is 1. The van der Waals surface area contributed by atoms with E-state index >= 15 is 0 Å². The minimum Gasteiger partial charge on any atom is -0.473 e. The van der Waals surface area contributed by atoms with Gasteiger partial charge in [-0.2, -0.15) is 0 Å². The van der Waals surface area contributed by atoms with E-state index in [0.29, 0.717) is 38.1 Å². The average Bonchev–Trinajstić information content (AvgIpc) is 2.48. The van der Waals surface area contributed by atoms with Crippen molar-refractivity contribution in [2.24, 2.45) is 0 Å². The number of carboxylic acid groups (broad SMARTS) is 2. The molecule has 0 aliphatic carbocycles. The van der Waals surface area contributed by atoms with Gasteiger partial charge in [0, 0.05) is 31.5 Å². The quantitative estimate of drug-likeness (QED) is 0.602. The molecule has 25 heavy (non-hydrogen) atoms. The Morgan fingerprint density at radius 2 is 1.84 bits per heavy atom. The third-order valence-corrected chi connectivity index (χ3v) is 3.73. The molecular formula is C17H24FNO6. The van der Waals surface area contributed by atoms with E-state index in [0.717, 1.165) is 0 Å². The standard InChI is InChI=1S/C15H22FNO2.C2H2O4/c1-14(2)10-15(18,7-8-19-14)11-17-9-12-5-3-4-6-13(12)16;3-1(4)2(5)6/h3-6,17-18H,7-11H2,1-2H3;(H,3,4)(H,5,6). The molecule has 1 aliphatic heterocycles. The van der Waals surface area contributed by atoms with Crippen molar-refractivity contribution in [3.63, 3.8) is 0 Å². The molecule has 7 nitrogen and oxygen atoms in total. The Labute approximate surface area is 145 Å². The lowest BCUT2D eigenvalue weighted by Gasteiger charge is -2.41. The first-order valence-corrected chi connectivity index (χ1v) is 7.81. The first kappa shape index (κ1) is 21.0. The van der Waals surface area contributed by atoms with Crippen LogP contribution >= 0.6 is 0 Å². The van der Waals surface area contributed by atoms with Crippen molar-refractivity contribution in [2.75, 3.05) is 13.2 Å². The number of hydrogen-bond acceptors (Lipinski definition) is 5. The van der Waals surface area contributed by atoms with Crippen LogP contribution in [0.1, 0.15) is 32.3 Å². The number of ether oxygens (including phenoxy) is 1. The Hall–Kier alpha value is -2.03. The number of carboxylic acids is 2. The van der Waals surface area contributed by atoms with Gasteiger partial charge in [0.25, 0.3) is 0 Å². The summed E-state index contributed by atoms with van der Waals surface area (Å²) in [6.07, 6.45) is 1.20. The lowest BCUT2D eigenvalue weighted by atomic mass is 9.84. The summed E-state index contributed by atoms with van der Waals surface area (Å²) in [5.41, 5.74) is -0.447. The molecule has 2 rings (SSSR count). The van der Waals surface area contributed by atoms with Crippen molar-refractivity contribution in [3.05, 3.63) is 35.6 Å². The molecule has 4 N–H and O–H groups in total. The zero-order chi connectivity index (χ0) is 19.1. The number of benzene rings is 1. The zero-order valence-electron chi connectivity index (χ0n) is 14.3. The SMILES string of the molecule is CC1(C)CC(O)(CNCc2ccccc2F)CCO1.O=C(O)C(=O)O. The van der Waals surface area contributed by atoms with Crippen molar-refractivity contribution >= 4 is 11.9 Å². The highest BCUT2D eigenvalue weighted by atomic mass is 19.1. The Morgan fingerprint density at radius 3 is 2.36 bits per heavy atom. The fourth-order valence-corrected chi connectivity index (χ4v) is 2.67. The summed E-state index contributed by atoms with van der Waals surface area (Å²) >= 11 is 0. The maximum atomic E-state index is 13.5. The van der Waals surface area contributed by atoms with Gasteiger partial charge in [-0.05, 0) is 19.9 Å². The maximum Gasteiger partial charge on any atom is 0.414 e. The van der Waals surface area contributed by atoms with E-state index in [1.165, 1.54) is 6.07 Å². The van der Waals surface area contributed by atoms with Crippen LogP contribution in [0.25, 0.3) is 0 Å². The van der Waals surface area contributed by atoms with E-state index < -0.39 is 17.5 Å².